The standard InChI is InChI=1S/C20H21BrN4O3S/c1-13(2)25-19(9-10-22-25)23-20(26)15-5-4-6-16(12-15)29(27,28)24-18-11-14(3)7-8-17(18)21/h4-13,24H,1-3H3,(H,23,26). The predicted octanol–water partition coefficient (Wildman–Crippen LogP) is 4.59. The van der Waals surface area contributed by atoms with E-state index >= 15 is 0 Å². The van der Waals surface area contributed by atoms with Crippen molar-refractivity contribution in [1.29, 1.82) is 0 Å². The summed E-state index contributed by atoms with van der Waals surface area (Å²) in [6, 6.07) is 13.0. The van der Waals surface area contributed by atoms with Gasteiger partial charge in [0.15, 0.2) is 0 Å². The Labute approximate surface area is 178 Å². The minimum Gasteiger partial charge on any atom is -0.307 e. The summed E-state index contributed by atoms with van der Waals surface area (Å²) in [5.74, 6) is 0.126. The van der Waals surface area contributed by atoms with Gasteiger partial charge in [0.1, 0.15) is 5.82 Å². The van der Waals surface area contributed by atoms with Crippen molar-refractivity contribution in [3.63, 3.8) is 0 Å². The van der Waals surface area contributed by atoms with Crippen molar-refractivity contribution in [2.24, 2.45) is 0 Å². The monoisotopic (exact) mass is 476 g/mol. The number of nitrogens with zero attached hydrogens (tertiary/aromatic N) is 2. The normalized spacial score (nSPS) is 11.5. The maximum atomic E-state index is 12.8. The summed E-state index contributed by atoms with van der Waals surface area (Å²) in [6.45, 7) is 5.77. The molecule has 0 aliphatic carbocycles. The second-order valence-corrected chi connectivity index (χ2v) is 9.36. The third kappa shape index (κ3) is 4.86. The maximum absolute atomic E-state index is 12.8. The van der Waals surface area contributed by atoms with E-state index in [1.807, 2.05) is 26.8 Å². The Hall–Kier alpha value is -2.65. The highest BCUT2D eigenvalue weighted by molar-refractivity contribution is 9.10. The van der Waals surface area contributed by atoms with Crippen LogP contribution in [0.5, 0.6) is 0 Å². The van der Waals surface area contributed by atoms with Gasteiger partial charge in [-0.3, -0.25) is 9.52 Å². The molecule has 0 spiro atoms. The van der Waals surface area contributed by atoms with E-state index in [9.17, 15) is 13.2 Å². The summed E-state index contributed by atoms with van der Waals surface area (Å²) in [5, 5.41) is 6.94. The van der Waals surface area contributed by atoms with Crippen molar-refractivity contribution in [1.82, 2.24) is 9.78 Å². The molecule has 3 rings (SSSR count). The number of halogens is 1. The molecule has 0 radical (unpaired) electrons. The first-order valence-corrected chi connectivity index (χ1v) is 11.2. The number of anilines is 2. The number of rotatable bonds is 6. The molecule has 1 heterocycles. The predicted molar refractivity (Wildman–Crippen MR) is 117 cm³/mol. The molecule has 0 aliphatic rings. The topological polar surface area (TPSA) is 93.1 Å². The lowest BCUT2D eigenvalue weighted by Gasteiger charge is -2.13. The molecule has 152 valence electrons. The van der Waals surface area contributed by atoms with Crippen LogP contribution in [0.1, 0.15) is 35.8 Å². The number of carbonyl (C=O) groups excluding carboxylic acids is 1. The van der Waals surface area contributed by atoms with Gasteiger partial charge in [-0.1, -0.05) is 12.1 Å². The lowest BCUT2D eigenvalue weighted by atomic mass is 10.2. The first-order chi connectivity index (χ1) is 13.7. The van der Waals surface area contributed by atoms with E-state index in [0.717, 1.165) is 5.56 Å². The Morgan fingerprint density at radius 3 is 2.62 bits per heavy atom. The fraction of sp³-hybridized carbons (Fsp3) is 0.200. The minimum absolute atomic E-state index is 0.00377. The van der Waals surface area contributed by atoms with E-state index in [1.54, 1.807) is 35.1 Å². The molecule has 0 saturated heterocycles. The number of carbonyl (C=O) groups is 1. The number of nitrogens with one attached hydrogen (secondary N) is 2. The van der Waals surface area contributed by atoms with Crippen molar-refractivity contribution in [2.75, 3.05) is 10.0 Å². The van der Waals surface area contributed by atoms with Gasteiger partial charge in [-0.25, -0.2) is 13.1 Å². The number of amides is 1. The second kappa shape index (κ2) is 8.38. The van der Waals surface area contributed by atoms with Gasteiger partial charge in [0.2, 0.25) is 0 Å². The smallest absolute Gasteiger partial charge is 0.261 e. The Balaban J connectivity index is 1.85. The molecule has 1 amide bonds. The van der Waals surface area contributed by atoms with E-state index in [-0.39, 0.29) is 16.5 Å². The molecule has 3 aromatic rings. The largest absolute Gasteiger partial charge is 0.307 e. The van der Waals surface area contributed by atoms with Crippen LogP contribution in [-0.4, -0.2) is 24.1 Å². The Bertz CT molecular complexity index is 1160. The molecule has 0 aliphatic heterocycles. The molecule has 0 unspecified atom stereocenters. The fourth-order valence-corrected chi connectivity index (χ4v) is 4.33. The van der Waals surface area contributed by atoms with Gasteiger partial charge in [-0.2, -0.15) is 5.10 Å². The molecule has 2 aromatic carbocycles. The van der Waals surface area contributed by atoms with Gasteiger partial charge in [0, 0.05) is 22.1 Å². The van der Waals surface area contributed by atoms with Crippen molar-refractivity contribution in [3.8, 4) is 0 Å². The summed E-state index contributed by atoms with van der Waals surface area (Å²) in [5.41, 5.74) is 1.58. The maximum Gasteiger partial charge on any atom is 0.261 e. The van der Waals surface area contributed by atoms with Crippen molar-refractivity contribution in [3.05, 3.63) is 70.3 Å². The third-order valence-corrected chi connectivity index (χ3v) is 6.23. The number of hydrogen-bond donors (Lipinski definition) is 2. The van der Waals surface area contributed by atoms with Gasteiger partial charge >= 0.3 is 0 Å². The van der Waals surface area contributed by atoms with Crippen LogP contribution in [-0.2, 0) is 10.0 Å². The number of aryl methyl sites for hydroxylation is 1. The minimum atomic E-state index is -3.87. The van der Waals surface area contributed by atoms with E-state index in [4.69, 9.17) is 0 Å². The second-order valence-electron chi connectivity index (χ2n) is 6.83. The quantitative estimate of drug-likeness (QED) is 0.543. The van der Waals surface area contributed by atoms with E-state index in [1.165, 1.54) is 18.2 Å². The zero-order valence-corrected chi connectivity index (χ0v) is 18.6. The van der Waals surface area contributed by atoms with Crippen LogP contribution in [0.3, 0.4) is 0 Å². The molecule has 9 heteroatoms. The van der Waals surface area contributed by atoms with Crippen LogP contribution in [0.15, 0.2) is 64.1 Å². The lowest BCUT2D eigenvalue weighted by Crippen LogP contribution is -2.18. The fourth-order valence-electron chi connectivity index (χ4n) is 2.74. The van der Waals surface area contributed by atoms with Crippen LogP contribution < -0.4 is 10.0 Å². The van der Waals surface area contributed by atoms with Crippen LogP contribution in [0.4, 0.5) is 11.5 Å². The summed E-state index contributed by atoms with van der Waals surface area (Å²) in [4.78, 5) is 12.6. The van der Waals surface area contributed by atoms with Gasteiger partial charge < -0.3 is 5.32 Å². The highest BCUT2D eigenvalue weighted by Crippen LogP contribution is 2.26. The van der Waals surface area contributed by atoms with Crippen molar-refractivity contribution >= 4 is 43.4 Å². The molecule has 29 heavy (non-hydrogen) atoms. The molecular formula is C20H21BrN4O3S. The SMILES string of the molecule is Cc1ccc(Br)c(NS(=O)(=O)c2cccc(C(=O)Nc3ccnn3C(C)C)c2)c1. The van der Waals surface area contributed by atoms with Gasteiger partial charge in [-0.05, 0) is 72.6 Å². The van der Waals surface area contributed by atoms with Crippen molar-refractivity contribution < 1.29 is 13.2 Å². The Morgan fingerprint density at radius 1 is 1.14 bits per heavy atom. The molecule has 1 aromatic heterocycles. The lowest BCUT2D eigenvalue weighted by molar-refractivity contribution is 0.102. The summed E-state index contributed by atoms with van der Waals surface area (Å²) < 4.78 is 30.5. The van der Waals surface area contributed by atoms with Crippen LogP contribution >= 0.6 is 15.9 Å². The van der Waals surface area contributed by atoms with Gasteiger partial charge in [0.25, 0.3) is 15.9 Å². The Morgan fingerprint density at radius 2 is 1.90 bits per heavy atom. The first kappa shape index (κ1) is 21.1. The molecule has 2 N–H and O–H groups in total. The summed E-state index contributed by atoms with van der Waals surface area (Å²) >= 11 is 3.35. The average molecular weight is 477 g/mol. The van der Waals surface area contributed by atoms with Crippen LogP contribution in [0, 0.1) is 6.92 Å². The summed E-state index contributed by atoms with van der Waals surface area (Å²) in [7, 11) is -3.87. The third-order valence-electron chi connectivity index (χ3n) is 4.17. The molecule has 7 nitrogen and oxygen atoms in total. The first-order valence-electron chi connectivity index (χ1n) is 8.91. The summed E-state index contributed by atoms with van der Waals surface area (Å²) in [6.07, 6.45) is 1.60. The van der Waals surface area contributed by atoms with E-state index in [2.05, 4.69) is 31.1 Å². The van der Waals surface area contributed by atoms with Crippen molar-refractivity contribution in [2.45, 2.75) is 31.7 Å². The molecule has 0 fully saturated rings. The molecule has 0 atom stereocenters. The number of aromatic nitrogens is 2. The Kier molecular flexibility index (Phi) is 6.09. The number of hydrogen-bond acceptors (Lipinski definition) is 4. The molecular weight excluding hydrogens is 456 g/mol. The van der Waals surface area contributed by atoms with Gasteiger partial charge in [0.05, 0.1) is 16.8 Å². The number of benzene rings is 2. The van der Waals surface area contributed by atoms with E-state index in [0.29, 0.717) is 16.0 Å². The average Bonchev–Trinajstić information content (AvgIpc) is 3.13. The zero-order valence-electron chi connectivity index (χ0n) is 16.2. The van der Waals surface area contributed by atoms with Crippen LogP contribution in [0.2, 0.25) is 0 Å². The van der Waals surface area contributed by atoms with Crippen LogP contribution in [0.25, 0.3) is 0 Å². The van der Waals surface area contributed by atoms with Gasteiger partial charge in [-0.15, -0.1) is 0 Å². The van der Waals surface area contributed by atoms with E-state index < -0.39 is 15.9 Å². The highest BCUT2D eigenvalue weighted by atomic mass is 79.9. The number of sulfonamides is 1. The highest BCUT2D eigenvalue weighted by Gasteiger charge is 2.18. The molecule has 0 saturated carbocycles. The molecule has 0 bridgehead atoms. The zero-order chi connectivity index (χ0) is 21.2.